The van der Waals surface area contributed by atoms with Crippen LogP contribution in [0.3, 0.4) is 0 Å². The summed E-state index contributed by atoms with van der Waals surface area (Å²) in [6.45, 7) is 0. The topological polar surface area (TPSA) is 92.3 Å². The van der Waals surface area contributed by atoms with Gasteiger partial charge in [-0.25, -0.2) is 0 Å². The minimum absolute atomic E-state index is 0.158. The number of hydrogen-bond donors (Lipinski definition) is 0. The molecule has 0 aromatic heterocycles. The Hall–Kier alpha value is 0.468. The van der Waals surface area contributed by atoms with Gasteiger partial charge in [0.25, 0.3) is 0 Å². The Bertz CT molecular complexity index is 520. The second-order valence-electron chi connectivity index (χ2n) is 10.9. The van der Waals surface area contributed by atoms with Gasteiger partial charge in [-0.3, -0.25) is 0 Å². The van der Waals surface area contributed by atoms with Crippen molar-refractivity contribution in [2.75, 3.05) is 64.0 Å². The third-order valence-corrected chi connectivity index (χ3v) is 17.5. The molecule has 0 saturated heterocycles. The molecule has 0 saturated carbocycles. The Kier molecular flexibility index (Phi) is 24.9. The van der Waals surface area contributed by atoms with E-state index >= 15 is 0 Å². The smallest absolute Gasteiger partial charge is 0.413 e. The number of unbranched alkanes of at least 4 members (excludes halogenated alkanes) is 9. The van der Waals surface area contributed by atoms with Crippen molar-refractivity contribution in [1.82, 2.24) is 0 Å². The van der Waals surface area contributed by atoms with Crippen molar-refractivity contribution in [3.05, 3.63) is 0 Å². The van der Waals surface area contributed by atoms with Gasteiger partial charge in [-0.1, -0.05) is 57.8 Å². The van der Waals surface area contributed by atoms with Crippen molar-refractivity contribution in [2.45, 2.75) is 120 Å². The van der Waals surface area contributed by atoms with Gasteiger partial charge in [-0.2, -0.15) is 0 Å². The summed E-state index contributed by atoms with van der Waals surface area (Å²) in [5.74, 6) is 0. The normalized spacial score (nSPS) is 13.3. The first kappa shape index (κ1) is 42.5. The van der Waals surface area contributed by atoms with Gasteiger partial charge in [-0.05, 0) is 38.5 Å². The van der Waals surface area contributed by atoms with Crippen LogP contribution in [0.1, 0.15) is 96.3 Å². The van der Waals surface area contributed by atoms with Gasteiger partial charge in [0.1, 0.15) is 0 Å². The van der Waals surface area contributed by atoms with Gasteiger partial charge in [0, 0.05) is 82.1 Å². The van der Waals surface area contributed by atoms with Crippen LogP contribution in [-0.4, -0.2) is 106 Å². The first-order valence-corrected chi connectivity index (χ1v) is 21.7. The van der Waals surface area contributed by atoms with Crippen LogP contribution in [0.4, 0.5) is 0 Å². The average molecular weight is 672 g/mol. The van der Waals surface area contributed by atoms with Crippen LogP contribution in [0.25, 0.3) is 0 Å². The van der Waals surface area contributed by atoms with Crippen molar-refractivity contribution in [3.63, 3.8) is 0 Å². The summed E-state index contributed by atoms with van der Waals surface area (Å²) in [6.07, 6.45) is 16.4. The molecule has 0 heterocycles. The Labute approximate surface area is 264 Å². The average Bonchev–Trinajstić information content (AvgIpc) is 3.04. The van der Waals surface area contributed by atoms with Gasteiger partial charge in [0.05, 0.1) is 5.60 Å². The standard InChI is InChI=1S/C28H63O10Si4/c1-29-40(30-2,31-3)25-19-13-10-16-22-28(38-39,23-17-11-14-20-26-41(32-4,33-5)34-6)24-18-12-15-21-27-42(35-7,36-8)37-9/h10-27H2,1-9H3. The lowest BCUT2D eigenvalue weighted by molar-refractivity contribution is 0.0422. The fourth-order valence-electron chi connectivity index (χ4n) is 5.62. The Morgan fingerprint density at radius 2 is 0.571 bits per heavy atom. The minimum Gasteiger partial charge on any atom is -0.413 e. The predicted octanol–water partition coefficient (Wildman–Crippen LogP) is 6.31. The summed E-state index contributed by atoms with van der Waals surface area (Å²) in [4.78, 5) is 0. The lowest BCUT2D eigenvalue weighted by atomic mass is 9.85. The van der Waals surface area contributed by atoms with E-state index in [1.165, 1.54) is 0 Å². The van der Waals surface area contributed by atoms with E-state index in [0.717, 1.165) is 114 Å². The molecule has 42 heavy (non-hydrogen) atoms. The van der Waals surface area contributed by atoms with Gasteiger partial charge in [0.2, 0.25) is 10.5 Å². The molecule has 0 aromatic carbocycles. The van der Waals surface area contributed by atoms with Crippen LogP contribution in [-0.2, 0) is 44.3 Å². The van der Waals surface area contributed by atoms with Crippen molar-refractivity contribution in [1.29, 1.82) is 0 Å². The highest BCUT2D eigenvalue weighted by Gasteiger charge is 2.38. The maximum absolute atomic E-state index is 6.12. The molecule has 3 radical (unpaired) electrons. The van der Waals surface area contributed by atoms with Crippen molar-refractivity contribution in [3.8, 4) is 0 Å². The monoisotopic (exact) mass is 671 g/mol. The second kappa shape index (κ2) is 24.7. The van der Waals surface area contributed by atoms with E-state index in [0.29, 0.717) is 0 Å². The van der Waals surface area contributed by atoms with E-state index in [4.69, 9.17) is 44.3 Å². The summed E-state index contributed by atoms with van der Waals surface area (Å²) in [7, 11) is 11.1. The lowest BCUT2D eigenvalue weighted by Gasteiger charge is -2.34. The summed E-state index contributed by atoms with van der Waals surface area (Å²) in [5.41, 5.74) is -0.158. The molecule has 0 bridgehead atoms. The van der Waals surface area contributed by atoms with E-state index in [9.17, 15) is 0 Å². The maximum atomic E-state index is 6.12. The van der Waals surface area contributed by atoms with Crippen LogP contribution < -0.4 is 0 Å². The molecule has 0 aliphatic carbocycles. The molecule has 0 fully saturated rings. The third kappa shape index (κ3) is 15.6. The summed E-state index contributed by atoms with van der Waals surface area (Å²) in [6, 6.07) is 2.53. The largest absolute Gasteiger partial charge is 0.500 e. The molecule has 0 atom stereocenters. The summed E-state index contributed by atoms with van der Waals surface area (Å²) < 4.78 is 56.2. The van der Waals surface area contributed by atoms with Crippen molar-refractivity contribution >= 4 is 36.9 Å². The lowest BCUT2D eigenvalue weighted by Crippen LogP contribution is -2.42. The first-order chi connectivity index (χ1) is 20.2. The zero-order chi connectivity index (χ0) is 31.8. The molecule has 0 N–H and O–H groups in total. The number of hydrogen-bond acceptors (Lipinski definition) is 10. The summed E-state index contributed by atoms with van der Waals surface area (Å²) in [5, 5.41) is 0. The van der Waals surface area contributed by atoms with E-state index in [-0.39, 0.29) is 5.60 Å². The molecule has 0 aliphatic heterocycles. The van der Waals surface area contributed by atoms with E-state index < -0.39 is 26.4 Å². The molecular weight excluding hydrogens is 609 g/mol. The fourth-order valence-corrected chi connectivity index (χ4v) is 11.3. The highest BCUT2D eigenvalue weighted by atomic mass is 28.4. The zero-order valence-corrected chi connectivity index (χ0v) is 32.3. The first-order valence-electron chi connectivity index (χ1n) is 15.5. The van der Waals surface area contributed by atoms with Crippen LogP contribution in [0.2, 0.25) is 18.1 Å². The van der Waals surface area contributed by atoms with E-state index in [2.05, 4.69) is 10.5 Å². The van der Waals surface area contributed by atoms with Crippen LogP contribution in [0.15, 0.2) is 0 Å². The predicted molar refractivity (Wildman–Crippen MR) is 174 cm³/mol. The quantitative estimate of drug-likeness (QED) is 0.0617. The zero-order valence-electron chi connectivity index (χ0n) is 28.3. The highest BCUT2D eigenvalue weighted by molar-refractivity contribution is 6.61. The van der Waals surface area contributed by atoms with Gasteiger partial charge in [0.15, 0.2) is 0 Å². The van der Waals surface area contributed by atoms with Crippen LogP contribution >= 0.6 is 0 Å². The molecule has 0 aliphatic rings. The van der Waals surface area contributed by atoms with Crippen LogP contribution in [0.5, 0.6) is 0 Å². The Morgan fingerprint density at radius 3 is 0.762 bits per heavy atom. The van der Waals surface area contributed by atoms with Crippen LogP contribution in [0, 0.1) is 0 Å². The Morgan fingerprint density at radius 1 is 0.357 bits per heavy atom. The molecule has 0 unspecified atom stereocenters. The van der Waals surface area contributed by atoms with Gasteiger partial charge < -0.3 is 44.3 Å². The minimum atomic E-state index is -2.49. The van der Waals surface area contributed by atoms with Crippen molar-refractivity contribution in [2.24, 2.45) is 0 Å². The molecule has 10 nitrogen and oxygen atoms in total. The van der Waals surface area contributed by atoms with E-state index in [1.807, 2.05) is 0 Å². The molecule has 0 aromatic rings. The third-order valence-electron chi connectivity index (χ3n) is 8.61. The molecule has 251 valence electrons. The molecule has 0 amide bonds. The summed E-state index contributed by atoms with van der Waals surface area (Å²) >= 11 is 0. The molecule has 14 heteroatoms. The van der Waals surface area contributed by atoms with E-state index in [1.54, 1.807) is 64.0 Å². The van der Waals surface area contributed by atoms with Gasteiger partial charge in [-0.15, -0.1) is 0 Å². The highest BCUT2D eigenvalue weighted by Crippen LogP contribution is 2.33. The maximum Gasteiger partial charge on any atom is 0.500 e. The molecule has 0 rings (SSSR count). The fraction of sp³-hybridized carbons (Fsp3) is 1.00. The van der Waals surface area contributed by atoms with Gasteiger partial charge >= 0.3 is 26.4 Å². The molecular formula is C28H63O10Si4. The Balaban J connectivity index is 4.85. The molecule has 0 spiro atoms. The van der Waals surface area contributed by atoms with Crippen molar-refractivity contribution < 1.29 is 44.3 Å². The SMILES string of the molecule is CO[Si](CCCCCCC(CCCCCC[Si](OC)(OC)OC)(CCCCCC[Si](OC)(OC)OC)O[Si])(OC)OC. The number of rotatable bonds is 31. The second-order valence-corrected chi connectivity index (χ2v) is 20.4.